The third-order valence-corrected chi connectivity index (χ3v) is 4.50. The van der Waals surface area contributed by atoms with E-state index in [1.807, 2.05) is 58.9 Å². The molecule has 1 aromatic carbocycles. The van der Waals surface area contributed by atoms with Crippen molar-refractivity contribution < 1.29 is 14.3 Å². The van der Waals surface area contributed by atoms with E-state index in [0.717, 1.165) is 22.4 Å². The number of aryl methyl sites for hydroxylation is 1. The quantitative estimate of drug-likeness (QED) is 0.760. The van der Waals surface area contributed by atoms with E-state index >= 15 is 0 Å². The zero-order chi connectivity index (χ0) is 20.4. The monoisotopic (exact) mass is 390 g/mol. The summed E-state index contributed by atoms with van der Waals surface area (Å²) in [5.74, 6) is -0.468. The van der Waals surface area contributed by atoms with Crippen LogP contribution in [0.5, 0.6) is 0 Å². The van der Waals surface area contributed by atoms with E-state index in [1.54, 1.807) is 0 Å². The molecule has 0 spiro atoms. The van der Waals surface area contributed by atoms with E-state index in [1.165, 1.54) is 7.11 Å². The van der Waals surface area contributed by atoms with Crippen LogP contribution in [0.15, 0.2) is 24.3 Å². The van der Waals surface area contributed by atoms with Crippen LogP contribution in [0, 0.1) is 13.8 Å². The van der Waals surface area contributed by atoms with Gasteiger partial charge in [0.1, 0.15) is 0 Å². The van der Waals surface area contributed by atoms with Gasteiger partial charge in [0.25, 0.3) is 0 Å². The number of nitrogens with zero attached hydrogens (tertiary/aromatic N) is 1. The lowest BCUT2D eigenvalue weighted by Gasteiger charge is -2.29. The number of rotatable bonds is 5. The van der Waals surface area contributed by atoms with Crippen molar-refractivity contribution in [2.24, 2.45) is 5.73 Å². The van der Waals surface area contributed by atoms with Gasteiger partial charge in [-0.25, -0.2) is 4.79 Å². The summed E-state index contributed by atoms with van der Waals surface area (Å²) in [7, 11) is 1.35. The second-order valence-corrected chi connectivity index (χ2v) is 7.84. The predicted molar refractivity (Wildman–Crippen MR) is 108 cm³/mol. The molecule has 5 nitrogen and oxygen atoms in total. The van der Waals surface area contributed by atoms with Gasteiger partial charge in [0.15, 0.2) is 6.10 Å². The molecule has 6 heteroatoms. The number of ether oxygens (including phenoxy) is 2. The van der Waals surface area contributed by atoms with Crippen LogP contribution in [-0.4, -0.2) is 23.7 Å². The van der Waals surface area contributed by atoms with Gasteiger partial charge in [-0.2, -0.15) is 0 Å². The summed E-state index contributed by atoms with van der Waals surface area (Å²) in [4.78, 5) is 17.2. The van der Waals surface area contributed by atoms with Crippen LogP contribution < -0.4 is 5.73 Å². The van der Waals surface area contributed by atoms with Gasteiger partial charge in [0, 0.05) is 22.8 Å². The highest BCUT2D eigenvalue weighted by molar-refractivity contribution is 6.30. The van der Waals surface area contributed by atoms with Crippen molar-refractivity contribution in [3.05, 3.63) is 51.8 Å². The largest absolute Gasteiger partial charge is 0.467 e. The van der Waals surface area contributed by atoms with Crippen LogP contribution >= 0.6 is 11.6 Å². The number of halogens is 1. The van der Waals surface area contributed by atoms with Crippen molar-refractivity contribution in [2.45, 2.75) is 52.9 Å². The van der Waals surface area contributed by atoms with E-state index in [4.69, 9.17) is 26.8 Å². The van der Waals surface area contributed by atoms with Crippen LogP contribution in [0.4, 0.5) is 0 Å². The van der Waals surface area contributed by atoms with Gasteiger partial charge in [-0.1, -0.05) is 23.7 Å². The number of aromatic nitrogens is 1. The summed E-state index contributed by atoms with van der Waals surface area (Å²) in [6.45, 7) is 9.80. The summed E-state index contributed by atoms with van der Waals surface area (Å²) in [6, 6.07) is 7.46. The van der Waals surface area contributed by atoms with Gasteiger partial charge < -0.3 is 15.2 Å². The topological polar surface area (TPSA) is 74.4 Å². The number of pyridine rings is 1. The minimum atomic E-state index is -0.904. The molecule has 0 saturated carbocycles. The second-order valence-electron chi connectivity index (χ2n) is 7.40. The Morgan fingerprint density at radius 1 is 1.22 bits per heavy atom. The van der Waals surface area contributed by atoms with Crippen molar-refractivity contribution in [3.63, 3.8) is 0 Å². The molecule has 0 fully saturated rings. The van der Waals surface area contributed by atoms with Crippen molar-refractivity contribution >= 4 is 17.6 Å². The fourth-order valence-electron chi connectivity index (χ4n) is 3.07. The molecule has 146 valence electrons. The number of benzene rings is 1. The molecular weight excluding hydrogens is 364 g/mol. The van der Waals surface area contributed by atoms with Crippen LogP contribution in [0.2, 0.25) is 5.02 Å². The van der Waals surface area contributed by atoms with Gasteiger partial charge in [0.2, 0.25) is 0 Å². The molecule has 0 aliphatic heterocycles. The normalized spacial score (nSPS) is 12.7. The number of nitrogens with two attached hydrogens (primary N) is 1. The fourth-order valence-corrected chi connectivity index (χ4v) is 3.19. The van der Waals surface area contributed by atoms with E-state index in [9.17, 15) is 4.79 Å². The molecule has 0 aliphatic rings. The zero-order valence-corrected chi connectivity index (χ0v) is 17.5. The van der Waals surface area contributed by atoms with E-state index in [2.05, 4.69) is 4.98 Å². The second kappa shape index (κ2) is 8.38. The highest BCUT2D eigenvalue weighted by atomic mass is 35.5. The van der Waals surface area contributed by atoms with E-state index in [0.29, 0.717) is 22.8 Å². The summed E-state index contributed by atoms with van der Waals surface area (Å²) in [6.07, 6.45) is -0.904. The molecule has 1 atom stereocenters. The number of carbonyl (C=O) groups is 1. The lowest BCUT2D eigenvalue weighted by molar-refractivity contribution is -0.164. The third kappa shape index (κ3) is 4.86. The number of carbonyl (C=O) groups excluding carboxylic acids is 1. The standard InChI is InChI=1S/C21H27ClN2O3/c1-12-16(11-23)24-13(2)18(17(12)14-7-9-15(22)10-8-14)19(20(25)26-6)27-21(3,4)5/h7-10,19H,11,23H2,1-6H3/t19-/m0/s1. The Hall–Kier alpha value is -1.95. The van der Waals surface area contributed by atoms with Crippen LogP contribution in [0.1, 0.15) is 49.4 Å². The van der Waals surface area contributed by atoms with Crippen molar-refractivity contribution in [1.82, 2.24) is 4.98 Å². The highest BCUT2D eigenvalue weighted by Gasteiger charge is 2.33. The summed E-state index contributed by atoms with van der Waals surface area (Å²) in [5, 5.41) is 0.637. The minimum Gasteiger partial charge on any atom is -0.467 e. The molecule has 0 saturated heterocycles. The molecular formula is C21H27ClN2O3. The maximum atomic E-state index is 12.6. The molecule has 2 aromatic rings. The average molecular weight is 391 g/mol. The molecule has 2 N–H and O–H groups in total. The Morgan fingerprint density at radius 2 is 1.81 bits per heavy atom. The van der Waals surface area contributed by atoms with Gasteiger partial charge in [-0.05, 0) is 63.4 Å². The van der Waals surface area contributed by atoms with Gasteiger partial charge in [0.05, 0.1) is 18.4 Å². The zero-order valence-electron chi connectivity index (χ0n) is 16.7. The Kier molecular flexibility index (Phi) is 6.63. The van der Waals surface area contributed by atoms with Crippen molar-refractivity contribution in [1.29, 1.82) is 0 Å². The van der Waals surface area contributed by atoms with Gasteiger partial charge >= 0.3 is 5.97 Å². The summed E-state index contributed by atoms with van der Waals surface area (Å²) < 4.78 is 11.1. The van der Waals surface area contributed by atoms with Gasteiger partial charge in [-0.3, -0.25) is 4.98 Å². The van der Waals surface area contributed by atoms with E-state index < -0.39 is 17.7 Å². The van der Waals surface area contributed by atoms with Crippen molar-refractivity contribution in [2.75, 3.05) is 7.11 Å². The molecule has 1 heterocycles. The Labute approximate surface area is 165 Å². The number of methoxy groups -OCH3 is 1. The molecule has 0 radical (unpaired) electrons. The molecule has 27 heavy (non-hydrogen) atoms. The van der Waals surface area contributed by atoms with Crippen molar-refractivity contribution in [3.8, 4) is 11.1 Å². The molecule has 0 amide bonds. The Bertz CT molecular complexity index is 827. The van der Waals surface area contributed by atoms with Crippen LogP contribution in [-0.2, 0) is 20.8 Å². The summed E-state index contributed by atoms with van der Waals surface area (Å²) in [5.41, 5.74) is 10.2. The Balaban J connectivity index is 2.81. The molecule has 0 unspecified atom stereocenters. The molecule has 0 aliphatic carbocycles. The minimum absolute atomic E-state index is 0.302. The predicted octanol–water partition coefficient (Wildman–Crippen LogP) is 4.51. The first kappa shape index (κ1) is 21.4. The van der Waals surface area contributed by atoms with Gasteiger partial charge in [-0.15, -0.1) is 0 Å². The SMILES string of the molecule is COC(=O)[C@@H](OC(C)(C)C)c1c(C)nc(CN)c(C)c1-c1ccc(Cl)cc1. The first-order chi connectivity index (χ1) is 12.6. The lowest BCUT2D eigenvalue weighted by atomic mass is 9.90. The summed E-state index contributed by atoms with van der Waals surface area (Å²) >= 11 is 6.06. The highest BCUT2D eigenvalue weighted by Crippen LogP contribution is 2.38. The molecule has 0 bridgehead atoms. The first-order valence-electron chi connectivity index (χ1n) is 8.80. The average Bonchev–Trinajstić information content (AvgIpc) is 2.60. The maximum Gasteiger partial charge on any atom is 0.339 e. The number of hydrogen-bond acceptors (Lipinski definition) is 5. The third-order valence-electron chi connectivity index (χ3n) is 4.24. The molecule has 1 aromatic heterocycles. The first-order valence-corrected chi connectivity index (χ1v) is 9.18. The van der Waals surface area contributed by atoms with E-state index in [-0.39, 0.29) is 0 Å². The number of hydrogen-bond donors (Lipinski definition) is 1. The lowest BCUT2D eigenvalue weighted by Crippen LogP contribution is -2.29. The smallest absolute Gasteiger partial charge is 0.339 e. The maximum absolute atomic E-state index is 12.6. The number of esters is 1. The Morgan fingerprint density at radius 3 is 2.30 bits per heavy atom. The van der Waals surface area contributed by atoms with Crippen LogP contribution in [0.3, 0.4) is 0 Å². The fraction of sp³-hybridized carbons (Fsp3) is 0.429. The molecule has 2 rings (SSSR count). The van der Waals surface area contributed by atoms with Crippen LogP contribution in [0.25, 0.3) is 11.1 Å².